The van der Waals surface area contributed by atoms with Crippen molar-refractivity contribution in [3.63, 3.8) is 0 Å². The minimum Gasteiger partial charge on any atom is -0.491 e. The molecule has 2 N–H and O–H groups in total. The molecule has 1 aromatic carbocycles. The highest BCUT2D eigenvalue weighted by Gasteiger charge is 2.16. The van der Waals surface area contributed by atoms with Gasteiger partial charge in [0.05, 0.1) is 6.61 Å². The molecule has 23 heavy (non-hydrogen) atoms. The van der Waals surface area contributed by atoms with Crippen LogP contribution in [0.1, 0.15) is 38.3 Å². The van der Waals surface area contributed by atoms with Crippen LogP contribution in [0, 0.1) is 12.7 Å². The fourth-order valence-electron chi connectivity index (χ4n) is 2.05. The summed E-state index contributed by atoms with van der Waals surface area (Å²) < 4.78 is 24.2. The van der Waals surface area contributed by atoms with Gasteiger partial charge in [-0.15, -0.1) is 0 Å². The summed E-state index contributed by atoms with van der Waals surface area (Å²) in [5.41, 5.74) is 0.753. The normalized spacial score (nSPS) is 11.2. The number of hydrogen-bond acceptors (Lipinski definition) is 4. The average molecular weight is 327 g/mol. The van der Waals surface area contributed by atoms with Crippen LogP contribution < -0.4 is 10.1 Å². The molecule has 0 atom stereocenters. The van der Waals surface area contributed by atoms with E-state index in [1.165, 1.54) is 6.07 Å². The lowest BCUT2D eigenvalue weighted by atomic mass is 10.0. The molecule has 0 aromatic heterocycles. The second-order valence-corrected chi connectivity index (χ2v) is 6.26. The maximum absolute atomic E-state index is 13.6. The highest BCUT2D eigenvalue weighted by atomic mass is 19.1. The van der Waals surface area contributed by atoms with Crippen LogP contribution >= 0.6 is 0 Å². The SMILES string of the molecule is Cc1c(F)ccc(CCCNC(=O)OC(C)(C)C)c1OCCO. The summed E-state index contributed by atoms with van der Waals surface area (Å²) in [4.78, 5) is 11.5. The number of carbonyl (C=O) groups excluding carboxylic acids is 1. The van der Waals surface area contributed by atoms with E-state index >= 15 is 0 Å². The van der Waals surface area contributed by atoms with Crippen molar-refractivity contribution in [3.8, 4) is 5.75 Å². The third-order valence-electron chi connectivity index (χ3n) is 3.05. The summed E-state index contributed by atoms with van der Waals surface area (Å²) in [5, 5.41) is 11.5. The minimum absolute atomic E-state index is 0.119. The van der Waals surface area contributed by atoms with Crippen LogP contribution in [-0.2, 0) is 11.2 Å². The number of aryl methyl sites for hydroxylation is 1. The van der Waals surface area contributed by atoms with Crippen LogP contribution in [0.5, 0.6) is 5.75 Å². The average Bonchev–Trinajstić information content (AvgIpc) is 2.44. The summed E-state index contributed by atoms with van der Waals surface area (Å²) in [5.74, 6) is 0.130. The maximum atomic E-state index is 13.6. The number of hydrogen-bond donors (Lipinski definition) is 2. The zero-order chi connectivity index (χ0) is 17.5. The predicted molar refractivity (Wildman–Crippen MR) is 86.3 cm³/mol. The molecule has 0 radical (unpaired) electrons. The number of alkyl carbamates (subject to hydrolysis) is 1. The Labute approximate surface area is 136 Å². The van der Waals surface area contributed by atoms with Crippen molar-refractivity contribution >= 4 is 6.09 Å². The summed E-state index contributed by atoms with van der Waals surface area (Å²) in [6.07, 6.45) is 0.835. The van der Waals surface area contributed by atoms with Crippen LogP contribution in [0.4, 0.5) is 9.18 Å². The van der Waals surface area contributed by atoms with Gasteiger partial charge in [-0.05, 0) is 52.2 Å². The predicted octanol–water partition coefficient (Wildman–Crippen LogP) is 2.96. The van der Waals surface area contributed by atoms with Gasteiger partial charge in [0.1, 0.15) is 23.8 Å². The molecule has 1 aromatic rings. The molecular weight excluding hydrogens is 301 g/mol. The van der Waals surface area contributed by atoms with Gasteiger partial charge < -0.3 is 19.9 Å². The first-order valence-corrected chi connectivity index (χ1v) is 7.73. The molecule has 0 saturated heterocycles. The molecule has 0 saturated carbocycles. The smallest absolute Gasteiger partial charge is 0.407 e. The van der Waals surface area contributed by atoms with Gasteiger partial charge in [-0.1, -0.05) is 6.07 Å². The van der Waals surface area contributed by atoms with E-state index in [4.69, 9.17) is 14.6 Å². The van der Waals surface area contributed by atoms with Gasteiger partial charge in [0.15, 0.2) is 0 Å². The molecule has 0 heterocycles. The minimum atomic E-state index is -0.524. The fourth-order valence-corrected chi connectivity index (χ4v) is 2.05. The first kappa shape index (κ1) is 19.2. The zero-order valence-electron chi connectivity index (χ0n) is 14.2. The molecule has 0 aliphatic heterocycles. The monoisotopic (exact) mass is 327 g/mol. The lowest BCUT2D eigenvalue weighted by molar-refractivity contribution is 0.0527. The van der Waals surface area contributed by atoms with E-state index in [9.17, 15) is 9.18 Å². The third-order valence-corrected chi connectivity index (χ3v) is 3.05. The number of aliphatic hydroxyl groups is 1. The first-order valence-electron chi connectivity index (χ1n) is 7.73. The molecule has 0 spiro atoms. The summed E-state index contributed by atoms with van der Waals surface area (Å²) in [6, 6.07) is 3.07. The number of amides is 1. The molecule has 1 amide bonds. The molecule has 0 unspecified atom stereocenters. The molecule has 0 bridgehead atoms. The molecule has 6 heteroatoms. The third kappa shape index (κ3) is 6.86. The van der Waals surface area contributed by atoms with Gasteiger partial charge in [-0.3, -0.25) is 0 Å². The van der Waals surface area contributed by atoms with Crippen molar-refractivity contribution in [2.45, 2.75) is 46.1 Å². The highest BCUT2D eigenvalue weighted by Crippen LogP contribution is 2.27. The Balaban J connectivity index is 2.54. The Morgan fingerprint density at radius 1 is 1.35 bits per heavy atom. The molecule has 0 fully saturated rings. The van der Waals surface area contributed by atoms with Crippen LogP contribution in [0.25, 0.3) is 0 Å². The van der Waals surface area contributed by atoms with Crippen molar-refractivity contribution < 1.29 is 23.8 Å². The van der Waals surface area contributed by atoms with Crippen molar-refractivity contribution in [2.24, 2.45) is 0 Å². The van der Waals surface area contributed by atoms with Crippen molar-refractivity contribution in [1.29, 1.82) is 0 Å². The number of benzene rings is 1. The number of nitrogens with one attached hydrogen (secondary N) is 1. The quantitative estimate of drug-likeness (QED) is 0.756. The van der Waals surface area contributed by atoms with Crippen LogP contribution in [-0.4, -0.2) is 36.6 Å². The summed E-state index contributed by atoms with van der Waals surface area (Å²) in [7, 11) is 0. The zero-order valence-corrected chi connectivity index (χ0v) is 14.2. The lowest BCUT2D eigenvalue weighted by Gasteiger charge is -2.19. The van der Waals surface area contributed by atoms with Crippen LogP contribution in [0.2, 0.25) is 0 Å². The molecular formula is C17H26FNO4. The second kappa shape index (κ2) is 8.72. The van der Waals surface area contributed by atoms with Gasteiger partial charge in [0.25, 0.3) is 0 Å². The summed E-state index contributed by atoms with van der Waals surface area (Å²) >= 11 is 0. The molecule has 130 valence electrons. The van der Waals surface area contributed by atoms with Crippen LogP contribution in [0.15, 0.2) is 12.1 Å². The van der Waals surface area contributed by atoms with Gasteiger partial charge in [-0.25, -0.2) is 9.18 Å². The van der Waals surface area contributed by atoms with Gasteiger partial charge in [0.2, 0.25) is 0 Å². The van der Waals surface area contributed by atoms with E-state index in [1.807, 2.05) is 0 Å². The Hall–Kier alpha value is -1.82. The van der Waals surface area contributed by atoms with Crippen molar-refractivity contribution in [1.82, 2.24) is 5.32 Å². The van der Waals surface area contributed by atoms with Crippen LogP contribution in [0.3, 0.4) is 0 Å². The van der Waals surface area contributed by atoms with Crippen molar-refractivity contribution in [2.75, 3.05) is 19.8 Å². The standard InChI is InChI=1S/C17H26FNO4/c1-12-14(18)8-7-13(15(12)22-11-10-20)6-5-9-19-16(21)23-17(2,3)4/h7-8,20H,5-6,9-11H2,1-4H3,(H,19,21). The first-order chi connectivity index (χ1) is 10.7. The number of ether oxygens (including phenoxy) is 2. The Morgan fingerprint density at radius 2 is 2.04 bits per heavy atom. The van der Waals surface area contributed by atoms with E-state index < -0.39 is 11.7 Å². The van der Waals surface area contributed by atoms with E-state index in [0.29, 0.717) is 30.7 Å². The molecule has 0 aliphatic carbocycles. The van der Waals surface area contributed by atoms with E-state index in [0.717, 1.165) is 5.56 Å². The number of aliphatic hydroxyl groups excluding tert-OH is 1. The Bertz CT molecular complexity index is 526. The topological polar surface area (TPSA) is 67.8 Å². The van der Waals surface area contributed by atoms with Crippen molar-refractivity contribution in [3.05, 3.63) is 29.1 Å². The highest BCUT2D eigenvalue weighted by molar-refractivity contribution is 5.67. The van der Waals surface area contributed by atoms with E-state index in [-0.39, 0.29) is 19.0 Å². The molecule has 1 rings (SSSR count). The molecule has 0 aliphatic rings. The number of carbonyl (C=O) groups is 1. The van der Waals surface area contributed by atoms with E-state index in [2.05, 4.69) is 5.32 Å². The number of rotatable bonds is 7. The van der Waals surface area contributed by atoms with Gasteiger partial charge >= 0.3 is 6.09 Å². The Kier molecular flexibility index (Phi) is 7.29. The van der Waals surface area contributed by atoms with E-state index in [1.54, 1.807) is 33.8 Å². The summed E-state index contributed by atoms with van der Waals surface area (Å²) in [6.45, 7) is 7.49. The largest absolute Gasteiger partial charge is 0.491 e. The van der Waals surface area contributed by atoms with Gasteiger partial charge in [0, 0.05) is 12.1 Å². The van der Waals surface area contributed by atoms with Gasteiger partial charge in [-0.2, -0.15) is 0 Å². The fraction of sp³-hybridized carbons (Fsp3) is 0.588. The maximum Gasteiger partial charge on any atom is 0.407 e. The molecule has 5 nitrogen and oxygen atoms in total. The number of halogens is 1. The lowest BCUT2D eigenvalue weighted by Crippen LogP contribution is -2.33. The Morgan fingerprint density at radius 3 is 2.65 bits per heavy atom. The second-order valence-electron chi connectivity index (χ2n) is 6.26.